The van der Waals surface area contributed by atoms with E-state index in [0.29, 0.717) is 19.2 Å². The topological polar surface area (TPSA) is 63.9 Å². The molecule has 1 aromatic rings. The first-order valence-electron chi connectivity index (χ1n) is 3.20. The molecule has 4 heteroatoms. The van der Waals surface area contributed by atoms with E-state index >= 15 is 0 Å². The summed E-state index contributed by atoms with van der Waals surface area (Å²) in [5, 5.41) is 0. The quantitative estimate of drug-likeness (QED) is 0.645. The predicted octanol–water partition coefficient (Wildman–Crippen LogP) is 0.528. The highest BCUT2D eigenvalue weighted by molar-refractivity contribution is 5.17. The molecule has 1 aromatic heterocycles. The van der Waals surface area contributed by atoms with E-state index in [1.54, 1.807) is 6.20 Å². The maximum absolute atomic E-state index is 5.33. The van der Waals surface area contributed by atoms with E-state index in [4.69, 9.17) is 10.5 Å². The Hall–Kier alpha value is -1.03. The molecule has 3 N–H and O–H groups in total. The summed E-state index contributed by atoms with van der Waals surface area (Å²) >= 11 is 0. The molecule has 0 saturated heterocycles. The van der Waals surface area contributed by atoms with Gasteiger partial charge < -0.3 is 15.5 Å². The molecule has 0 aliphatic heterocycles. The van der Waals surface area contributed by atoms with Crippen LogP contribution in [-0.2, 0) is 11.3 Å². The number of aromatic nitrogens is 2. The number of nitrogens with zero attached hydrogens (tertiary/aromatic N) is 1. The highest BCUT2D eigenvalue weighted by atomic mass is 16.5. The van der Waals surface area contributed by atoms with Crippen molar-refractivity contribution in [3.05, 3.63) is 11.9 Å². The number of hydrogen-bond donors (Lipinski definition) is 2. The Morgan fingerprint density at radius 2 is 2.60 bits per heavy atom. The lowest BCUT2D eigenvalue weighted by Gasteiger charge is -1.94. The van der Waals surface area contributed by atoms with Crippen molar-refractivity contribution in [2.75, 3.05) is 12.3 Å². The Labute approximate surface area is 59.4 Å². The van der Waals surface area contributed by atoms with Gasteiger partial charge in [-0.05, 0) is 6.92 Å². The fourth-order valence-corrected chi connectivity index (χ4v) is 0.662. The second-order valence-corrected chi connectivity index (χ2v) is 1.93. The molecule has 0 bridgehead atoms. The van der Waals surface area contributed by atoms with Crippen molar-refractivity contribution in [3.63, 3.8) is 0 Å². The summed E-state index contributed by atoms with van der Waals surface area (Å²) in [6.07, 6.45) is 1.67. The molecule has 0 amide bonds. The van der Waals surface area contributed by atoms with Crippen molar-refractivity contribution in [3.8, 4) is 0 Å². The predicted molar refractivity (Wildman–Crippen MR) is 38.3 cm³/mol. The minimum absolute atomic E-state index is 0.440. The number of H-pyrrole nitrogens is 1. The van der Waals surface area contributed by atoms with Crippen LogP contribution in [0.1, 0.15) is 12.6 Å². The lowest BCUT2D eigenvalue weighted by molar-refractivity contribution is 0.131. The maximum atomic E-state index is 5.33. The summed E-state index contributed by atoms with van der Waals surface area (Å²) in [6.45, 7) is 3.21. The molecule has 0 unspecified atom stereocenters. The number of anilines is 1. The van der Waals surface area contributed by atoms with Gasteiger partial charge in [0.2, 0.25) is 0 Å². The van der Waals surface area contributed by atoms with E-state index in [9.17, 15) is 0 Å². The molecule has 0 fully saturated rings. The van der Waals surface area contributed by atoms with Gasteiger partial charge in [-0.1, -0.05) is 0 Å². The molecule has 1 heterocycles. The Morgan fingerprint density at radius 3 is 3.10 bits per heavy atom. The lowest BCUT2D eigenvalue weighted by atomic mass is 10.5. The van der Waals surface area contributed by atoms with Crippen molar-refractivity contribution in [1.29, 1.82) is 0 Å². The average molecular weight is 141 g/mol. The van der Waals surface area contributed by atoms with Crippen molar-refractivity contribution < 1.29 is 4.74 Å². The molecule has 0 saturated carbocycles. The van der Waals surface area contributed by atoms with Gasteiger partial charge in [0.1, 0.15) is 0 Å². The highest BCUT2D eigenvalue weighted by Gasteiger charge is 1.94. The van der Waals surface area contributed by atoms with Gasteiger partial charge in [-0.2, -0.15) is 0 Å². The van der Waals surface area contributed by atoms with Gasteiger partial charge in [0, 0.05) is 6.61 Å². The summed E-state index contributed by atoms with van der Waals surface area (Å²) in [6, 6.07) is 0. The zero-order valence-corrected chi connectivity index (χ0v) is 5.92. The molecular formula is C6H11N3O. The molecule has 0 aromatic carbocycles. The molecule has 4 nitrogen and oxygen atoms in total. The van der Waals surface area contributed by atoms with E-state index in [0.717, 1.165) is 5.69 Å². The number of imidazole rings is 1. The number of nitrogens with one attached hydrogen (secondary N) is 1. The number of nitrogen functional groups attached to an aromatic ring is 1. The minimum atomic E-state index is 0.440. The van der Waals surface area contributed by atoms with Gasteiger partial charge in [-0.3, -0.25) is 0 Å². The number of aromatic amines is 1. The van der Waals surface area contributed by atoms with Crippen LogP contribution < -0.4 is 5.73 Å². The van der Waals surface area contributed by atoms with Crippen LogP contribution in [0.5, 0.6) is 0 Å². The first-order chi connectivity index (χ1) is 4.83. The second kappa shape index (κ2) is 3.22. The van der Waals surface area contributed by atoms with E-state index in [2.05, 4.69) is 9.97 Å². The number of hydrogen-bond acceptors (Lipinski definition) is 3. The summed E-state index contributed by atoms with van der Waals surface area (Å²) in [5.74, 6) is 0.440. The first-order valence-corrected chi connectivity index (χ1v) is 3.20. The van der Waals surface area contributed by atoms with Gasteiger partial charge in [0.05, 0.1) is 18.5 Å². The fourth-order valence-electron chi connectivity index (χ4n) is 0.662. The number of rotatable bonds is 3. The Morgan fingerprint density at radius 1 is 1.80 bits per heavy atom. The van der Waals surface area contributed by atoms with E-state index < -0.39 is 0 Å². The molecule has 0 radical (unpaired) electrons. The monoisotopic (exact) mass is 141 g/mol. The van der Waals surface area contributed by atoms with Crippen LogP contribution in [0, 0.1) is 0 Å². The van der Waals surface area contributed by atoms with Crippen molar-refractivity contribution in [2.45, 2.75) is 13.5 Å². The van der Waals surface area contributed by atoms with Crippen LogP contribution in [0.15, 0.2) is 6.20 Å². The van der Waals surface area contributed by atoms with Crippen LogP contribution in [0.4, 0.5) is 5.95 Å². The fraction of sp³-hybridized carbons (Fsp3) is 0.500. The van der Waals surface area contributed by atoms with Gasteiger partial charge in [-0.15, -0.1) is 0 Å². The summed E-state index contributed by atoms with van der Waals surface area (Å²) in [4.78, 5) is 6.66. The number of ether oxygens (including phenoxy) is 1. The van der Waals surface area contributed by atoms with Crippen molar-refractivity contribution in [1.82, 2.24) is 9.97 Å². The Balaban J connectivity index is 2.42. The Kier molecular flexibility index (Phi) is 2.28. The molecule has 1 rings (SSSR count). The molecule has 10 heavy (non-hydrogen) atoms. The molecular weight excluding hydrogens is 130 g/mol. The van der Waals surface area contributed by atoms with E-state index in [-0.39, 0.29) is 0 Å². The largest absolute Gasteiger partial charge is 0.375 e. The third kappa shape index (κ3) is 1.73. The highest BCUT2D eigenvalue weighted by Crippen LogP contribution is 1.98. The zero-order valence-electron chi connectivity index (χ0n) is 5.92. The first kappa shape index (κ1) is 7.08. The molecule has 56 valence electrons. The maximum Gasteiger partial charge on any atom is 0.197 e. The van der Waals surface area contributed by atoms with Crippen LogP contribution in [0.3, 0.4) is 0 Å². The van der Waals surface area contributed by atoms with Gasteiger partial charge >= 0.3 is 0 Å². The van der Waals surface area contributed by atoms with Crippen molar-refractivity contribution >= 4 is 5.95 Å². The molecule has 0 aliphatic carbocycles. The third-order valence-corrected chi connectivity index (χ3v) is 1.11. The summed E-state index contributed by atoms with van der Waals surface area (Å²) < 4.78 is 5.11. The standard InChI is InChI=1S/C6H11N3O/c1-2-10-4-5-3-8-6(7)9-5/h3H,2,4H2,1H3,(H3,7,8,9). The minimum Gasteiger partial charge on any atom is -0.375 e. The van der Waals surface area contributed by atoms with Crippen LogP contribution >= 0.6 is 0 Å². The van der Waals surface area contributed by atoms with Crippen molar-refractivity contribution in [2.24, 2.45) is 0 Å². The molecule has 0 spiro atoms. The molecule has 0 aliphatic rings. The average Bonchev–Trinajstić information content (AvgIpc) is 2.31. The smallest absolute Gasteiger partial charge is 0.197 e. The van der Waals surface area contributed by atoms with Crippen LogP contribution in [-0.4, -0.2) is 16.6 Å². The lowest BCUT2D eigenvalue weighted by Crippen LogP contribution is -1.92. The molecule has 0 atom stereocenters. The van der Waals surface area contributed by atoms with Crippen LogP contribution in [0.2, 0.25) is 0 Å². The SMILES string of the molecule is CCOCc1cnc(N)[nH]1. The van der Waals surface area contributed by atoms with E-state index in [1.165, 1.54) is 0 Å². The van der Waals surface area contributed by atoms with Gasteiger partial charge in [-0.25, -0.2) is 4.98 Å². The van der Waals surface area contributed by atoms with Crippen LogP contribution in [0.25, 0.3) is 0 Å². The Bertz CT molecular complexity index is 197. The number of nitrogens with two attached hydrogens (primary N) is 1. The summed E-state index contributed by atoms with van der Waals surface area (Å²) in [7, 11) is 0. The summed E-state index contributed by atoms with van der Waals surface area (Å²) in [5.41, 5.74) is 6.24. The second-order valence-electron chi connectivity index (χ2n) is 1.93. The third-order valence-electron chi connectivity index (χ3n) is 1.11. The zero-order chi connectivity index (χ0) is 7.40. The van der Waals surface area contributed by atoms with E-state index in [1.807, 2.05) is 6.92 Å². The van der Waals surface area contributed by atoms with Gasteiger partial charge in [0.15, 0.2) is 5.95 Å². The normalized spacial score (nSPS) is 10.1. The van der Waals surface area contributed by atoms with Gasteiger partial charge in [0.25, 0.3) is 0 Å².